The maximum atomic E-state index is 13.0. The minimum atomic E-state index is -0.910. The number of benzene rings is 2. The Morgan fingerprint density at radius 1 is 1.11 bits per heavy atom. The van der Waals surface area contributed by atoms with Crippen LogP contribution in [0.4, 0.5) is 0 Å². The molecule has 0 spiro atoms. The van der Waals surface area contributed by atoms with Crippen molar-refractivity contribution in [3.8, 4) is 5.75 Å². The first-order chi connectivity index (χ1) is 17.4. The number of rotatable bonds is 10. The molecule has 0 aliphatic carbocycles. The second kappa shape index (κ2) is 11.5. The summed E-state index contributed by atoms with van der Waals surface area (Å²) in [5.41, 5.74) is 8.95. The predicted octanol–water partition coefficient (Wildman–Crippen LogP) is 1.99. The second-order valence-corrected chi connectivity index (χ2v) is 9.36. The van der Waals surface area contributed by atoms with Crippen LogP contribution in [0.15, 0.2) is 42.5 Å². The molecule has 0 bridgehead atoms. The number of hydrogen-bond acceptors (Lipinski definition) is 7. The average Bonchev–Trinajstić information content (AvgIpc) is 3.21. The molecule has 36 heavy (non-hydrogen) atoms. The highest BCUT2D eigenvalue weighted by Gasteiger charge is 2.37. The van der Waals surface area contributed by atoms with E-state index in [1.165, 1.54) is 17.6 Å². The highest BCUT2D eigenvalue weighted by molar-refractivity contribution is 6.01. The summed E-state index contributed by atoms with van der Waals surface area (Å²) in [4.78, 5) is 40.4. The fourth-order valence-corrected chi connectivity index (χ4v) is 4.76. The van der Waals surface area contributed by atoms with E-state index in [0.717, 1.165) is 38.0 Å². The van der Waals surface area contributed by atoms with Crippen LogP contribution in [-0.4, -0.2) is 65.0 Å². The third kappa shape index (κ3) is 6.03. The van der Waals surface area contributed by atoms with Crippen LogP contribution in [0.2, 0.25) is 0 Å². The number of carbonyl (C=O) groups is 3. The number of amides is 2. The lowest BCUT2D eigenvalue weighted by molar-refractivity contribution is -0.141. The van der Waals surface area contributed by atoms with Gasteiger partial charge in [0.05, 0.1) is 19.8 Å². The van der Waals surface area contributed by atoms with E-state index in [1.807, 2.05) is 18.2 Å². The zero-order valence-corrected chi connectivity index (χ0v) is 20.5. The number of esters is 1. The van der Waals surface area contributed by atoms with Gasteiger partial charge in [0.1, 0.15) is 18.4 Å². The monoisotopic (exact) mass is 495 g/mol. The maximum absolute atomic E-state index is 13.0. The van der Waals surface area contributed by atoms with E-state index >= 15 is 0 Å². The molecule has 9 nitrogen and oxygen atoms in total. The number of piperidine rings is 1. The molecule has 1 fully saturated rings. The summed E-state index contributed by atoms with van der Waals surface area (Å²) < 4.78 is 10.7. The Labute approximate surface area is 210 Å². The van der Waals surface area contributed by atoms with Crippen molar-refractivity contribution in [1.82, 2.24) is 9.80 Å². The standard InChI is InChI=1S/C27H33N3O6/c1-35-25(32)10-9-23(26(28)33)30-16-22-21(27(30)34)3-2-4-24(22)36-17-19-7-5-18(6-8-19)15-29-13-11-20(31)12-14-29/h2-8,20,23,31H,9-17H2,1H3,(H2,28,33). The van der Waals surface area contributed by atoms with Crippen LogP contribution in [0.3, 0.4) is 0 Å². The van der Waals surface area contributed by atoms with Crippen molar-refractivity contribution in [3.63, 3.8) is 0 Å². The van der Waals surface area contributed by atoms with Crippen molar-refractivity contribution >= 4 is 17.8 Å². The molecule has 2 heterocycles. The van der Waals surface area contributed by atoms with E-state index in [2.05, 4.69) is 21.8 Å². The van der Waals surface area contributed by atoms with Gasteiger partial charge in [0.2, 0.25) is 5.91 Å². The first-order valence-electron chi connectivity index (χ1n) is 12.3. The molecule has 2 aromatic carbocycles. The van der Waals surface area contributed by atoms with Gasteiger partial charge in [0.15, 0.2) is 0 Å². The Bertz CT molecular complexity index is 1100. The number of fused-ring (bicyclic) bond motifs is 1. The summed E-state index contributed by atoms with van der Waals surface area (Å²) in [6, 6.07) is 12.6. The van der Waals surface area contributed by atoms with Gasteiger partial charge in [-0.3, -0.25) is 19.3 Å². The number of primary amides is 1. The summed E-state index contributed by atoms with van der Waals surface area (Å²) in [6.45, 7) is 3.18. The molecular formula is C27H33N3O6. The molecule has 0 radical (unpaired) electrons. The lowest BCUT2D eigenvalue weighted by Crippen LogP contribution is -2.45. The predicted molar refractivity (Wildman–Crippen MR) is 132 cm³/mol. The van der Waals surface area contributed by atoms with Crippen molar-refractivity contribution in [2.45, 2.75) is 57.5 Å². The van der Waals surface area contributed by atoms with Gasteiger partial charge in [0, 0.05) is 37.2 Å². The zero-order valence-electron chi connectivity index (χ0n) is 20.5. The molecule has 2 aliphatic rings. The van der Waals surface area contributed by atoms with E-state index in [-0.39, 0.29) is 31.4 Å². The minimum absolute atomic E-state index is 0.0106. The van der Waals surface area contributed by atoms with E-state index in [0.29, 0.717) is 23.5 Å². The third-order valence-corrected chi connectivity index (χ3v) is 6.89. The van der Waals surface area contributed by atoms with Crippen LogP contribution >= 0.6 is 0 Å². The van der Waals surface area contributed by atoms with Crippen LogP contribution in [-0.2, 0) is 34.0 Å². The molecule has 2 amide bonds. The molecule has 3 N–H and O–H groups in total. The molecule has 0 saturated carbocycles. The summed E-state index contributed by atoms with van der Waals surface area (Å²) >= 11 is 0. The topological polar surface area (TPSA) is 122 Å². The van der Waals surface area contributed by atoms with Crippen LogP contribution in [0.25, 0.3) is 0 Å². The van der Waals surface area contributed by atoms with Crippen LogP contribution in [0, 0.1) is 0 Å². The van der Waals surface area contributed by atoms with Crippen molar-refractivity contribution in [3.05, 3.63) is 64.7 Å². The SMILES string of the molecule is COC(=O)CCC(C(N)=O)N1Cc2c(OCc3ccc(CN4CCC(O)CC4)cc3)cccc2C1=O. The average molecular weight is 496 g/mol. The number of nitrogens with two attached hydrogens (primary N) is 1. The van der Waals surface area contributed by atoms with Crippen molar-refractivity contribution in [2.75, 3.05) is 20.2 Å². The molecule has 2 aromatic rings. The lowest BCUT2D eigenvalue weighted by Gasteiger charge is -2.29. The highest BCUT2D eigenvalue weighted by atomic mass is 16.5. The molecule has 1 unspecified atom stereocenters. The number of ether oxygens (including phenoxy) is 2. The summed E-state index contributed by atoms with van der Waals surface area (Å²) in [5, 5.41) is 9.68. The van der Waals surface area contributed by atoms with Gasteiger partial charge in [0.25, 0.3) is 5.91 Å². The highest BCUT2D eigenvalue weighted by Crippen LogP contribution is 2.33. The van der Waals surface area contributed by atoms with E-state index in [1.54, 1.807) is 12.1 Å². The summed E-state index contributed by atoms with van der Waals surface area (Å²) in [5.74, 6) is -0.854. The Morgan fingerprint density at radius 3 is 2.47 bits per heavy atom. The van der Waals surface area contributed by atoms with Gasteiger partial charge in [-0.05, 0) is 42.5 Å². The molecule has 2 aliphatic heterocycles. The first-order valence-corrected chi connectivity index (χ1v) is 12.3. The number of aliphatic hydroxyl groups is 1. The fraction of sp³-hybridized carbons (Fsp3) is 0.444. The smallest absolute Gasteiger partial charge is 0.305 e. The minimum Gasteiger partial charge on any atom is -0.489 e. The normalized spacial score (nSPS) is 17.1. The Balaban J connectivity index is 1.38. The number of likely N-dealkylation sites (tertiary alicyclic amines) is 1. The molecule has 1 atom stereocenters. The number of carbonyl (C=O) groups excluding carboxylic acids is 3. The largest absolute Gasteiger partial charge is 0.489 e. The van der Waals surface area contributed by atoms with E-state index in [9.17, 15) is 19.5 Å². The third-order valence-electron chi connectivity index (χ3n) is 6.89. The zero-order chi connectivity index (χ0) is 25.7. The van der Waals surface area contributed by atoms with Gasteiger partial charge in [-0.2, -0.15) is 0 Å². The van der Waals surface area contributed by atoms with E-state index < -0.39 is 17.9 Å². The molecular weight excluding hydrogens is 462 g/mol. The van der Waals surface area contributed by atoms with Crippen LogP contribution in [0.1, 0.15) is 52.7 Å². The summed E-state index contributed by atoms with van der Waals surface area (Å²) in [7, 11) is 1.27. The molecule has 0 aromatic heterocycles. The number of hydrogen-bond donors (Lipinski definition) is 2. The molecule has 9 heteroatoms. The fourth-order valence-electron chi connectivity index (χ4n) is 4.76. The Kier molecular flexibility index (Phi) is 8.22. The summed E-state index contributed by atoms with van der Waals surface area (Å²) in [6.07, 6.45) is 1.55. The molecule has 192 valence electrons. The maximum Gasteiger partial charge on any atom is 0.305 e. The van der Waals surface area contributed by atoms with Crippen LogP contribution < -0.4 is 10.5 Å². The first kappa shape index (κ1) is 25.7. The number of aliphatic hydroxyl groups excluding tert-OH is 1. The lowest BCUT2D eigenvalue weighted by atomic mass is 10.1. The van der Waals surface area contributed by atoms with Gasteiger partial charge in [-0.15, -0.1) is 0 Å². The van der Waals surface area contributed by atoms with Gasteiger partial charge in [-0.25, -0.2) is 0 Å². The van der Waals surface area contributed by atoms with E-state index in [4.69, 9.17) is 10.5 Å². The van der Waals surface area contributed by atoms with Crippen molar-refractivity contribution in [2.24, 2.45) is 5.73 Å². The molecule has 1 saturated heterocycles. The molecule has 4 rings (SSSR count). The van der Waals surface area contributed by atoms with Gasteiger partial charge < -0.3 is 25.2 Å². The number of nitrogens with zero attached hydrogens (tertiary/aromatic N) is 2. The van der Waals surface area contributed by atoms with Gasteiger partial charge in [-0.1, -0.05) is 30.3 Å². The quantitative estimate of drug-likeness (QED) is 0.483. The van der Waals surface area contributed by atoms with Gasteiger partial charge >= 0.3 is 5.97 Å². The Morgan fingerprint density at radius 2 is 1.81 bits per heavy atom. The van der Waals surface area contributed by atoms with Crippen LogP contribution in [0.5, 0.6) is 5.75 Å². The Hall–Kier alpha value is -3.43. The second-order valence-electron chi connectivity index (χ2n) is 9.36. The number of methoxy groups -OCH3 is 1. The van der Waals surface area contributed by atoms with Crippen molar-refractivity contribution in [1.29, 1.82) is 0 Å². The van der Waals surface area contributed by atoms with Crippen molar-refractivity contribution < 1.29 is 29.0 Å².